The molecule has 3 rings (SSSR count). The Kier molecular flexibility index (Phi) is 4.97. The Labute approximate surface area is 131 Å². The first-order valence-corrected chi connectivity index (χ1v) is 8.42. The zero-order valence-corrected chi connectivity index (χ0v) is 13.3. The molecule has 6 heteroatoms. The number of hydrogen-bond acceptors (Lipinski definition) is 4. The van der Waals surface area contributed by atoms with E-state index in [1.807, 2.05) is 0 Å². The van der Waals surface area contributed by atoms with Crippen molar-refractivity contribution < 1.29 is 9.32 Å². The quantitative estimate of drug-likeness (QED) is 0.901. The molecule has 1 saturated carbocycles. The number of nitrogens with one attached hydrogen (secondary N) is 2. The van der Waals surface area contributed by atoms with Crippen molar-refractivity contribution in [2.45, 2.75) is 57.5 Å². The summed E-state index contributed by atoms with van der Waals surface area (Å²) in [5, 5.41) is 9.40. The lowest BCUT2D eigenvalue weighted by atomic mass is 9.88. The summed E-state index contributed by atoms with van der Waals surface area (Å²) in [6.45, 7) is 4.85. The van der Waals surface area contributed by atoms with Crippen LogP contribution in [0.3, 0.4) is 0 Å². The van der Waals surface area contributed by atoms with Crippen molar-refractivity contribution in [1.29, 1.82) is 0 Å². The van der Waals surface area contributed by atoms with Gasteiger partial charge in [0.1, 0.15) is 6.26 Å². The highest BCUT2D eigenvalue weighted by Crippen LogP contribution is 2.27. The van der Waals surface area contributed by atoms with Crippen LogP contribution in [0.1, 0.15) is 45.4 Å². The summed E-state index contributed by atoms with van der Waals surface area (Å²) in [6.07, 6.45) is 8.59. The van der Waals surface area contributed by atoms with Crippen molar-refractivity contribution in [3.8, 4) is 0 Å². The van der Waals surface area contributed by atoms with Crippen molar-refractivity contribution in [2.24, 2.45) is 5.92 Å². The highest BCUT2D eigenvalue weighted by atomic mass is 16.5. The average Bonchev–Trinajstić information content (AvgIpc) is 3.02. The molecule has 0 atom stereocenters. The Hall–Kier alpha value is -1.56. The van der Waals surface area contributed by atoms with E-state index >= 15 is 0 Å². The molecule has 0 bridgehead atoms. The smallest absolute Gasteiger partial charge is 0.320 e. The Balaban J connectivity index is 1.39. The second kappa shape index (κ2) is 7.13. The first kappa shape index (κ1) is 15.3. The van der Waals surface area contributed by atoms with Crippen LogP contribution in [0.15, 0.2) is 16.9 Å². The monoisotopic (exact) mass is 306 g/mol. The number of aromatic nitrogens is 1. The van der Waals surface area contributed by atoms with Gasteiger partial charge in [-0.1, -0.05) is 12.1 Å². The van der Waals surface area contributed by atoms with Crippen LogP contribution < -0.4 is 10.6 Å². The maximum atomic E-state index is 11.9. The first-order chi connectivity index (χ1) is 10.7. The number of nitrogens with zero attached hydrogens (tertiary/aromatic N) is 2. The maximum absolute atomic E-state index is 11.9. The third-order valence-corrected chi connectivity index (χ3v) is 5.05. The Morgan fingerprint density at radius 3 is 2.59 bits per heavy atom. The van der Waals surface area contributed by atoms with Gasteiger partial charge in [-0.2, -0.15) is 0 Å². The van der Waals surface area contributed by atoms with Gasteiger partial charge in [0.05, 0.1) is 0 Å². The fraction of sp³-hybridized carbons (Fsp3) is 0.750. The Morgan fingerprint density at radius 2 is 1.95 bits per heavy atom. The molecule has 1 aromatic rings. The highest BCUT2D eigenvalue weighted by Gasteiger charge is 2.28. The van der Waals surface area contributed by atoms with Gasteiger partial charge in [0, 0.05) is 18.2 Å². The van der Waals surface area contributed by atoms with Crippen LogP contribution in [0.25, 0.3) is 0 Å². The van der Waals surface area contributed by atoms with Gasteiger partial charge in [-0.05, 0) is 57.5 Å². The predicted molar refractivity (Wildman–Crippen MR) is 84.7 cm³/mol. The van der Waals surface area contributed by atoms with Crippen molar-refractivity contribution in [2.75, 3.05) is 18.4 Å². The fourth-order valence-electron chi connectivity index (χ4n) is 3.59. The van der Waals surface area contributed by atoms with Gasteiger partial charge in [-0.15, -0.1) is 0 Å². The van der Waals surface area contributed by atoms with Gasteiger partial charge in [-0.25, -0.2) is 4.79 Å². The molecule has 122 valence electrons. The first-order valence-electron chi connectivity index (χ1n) is 8.42. The van der Waals surface area contributed by atoms with E-state index in [0.29, 0.717) is 11.9 Å². The van der Waals surface area contributed by atoms with E-state index in [1.165, 1.54) is 45.0 Å². The molecule has 2 heterocycles. The molecule has 2 amide bonds. The topological polar surface area (TPSA) is 70.4 Å². The number of hydrogen-bond donors (Lipinski definition) is 2. The predicted octanol–water partition coefficient (Wildman–Crippen LogP) is 2.84. The molecule has 2 N–H and O–H groups in total. The minimum atomic E-state index is -0.191. The van der Waals surface area contributed by atoms with Crippen LogP contribution in [0, 0.1) is 5.92 Å². The van der Waals surface area contributed by atoms with E-state index in [-0.39, 0.29) is 12.1 Å². The molecule has 0 radical (unpaired) electrons. The molecule has 0 unspecified atom stereocenters. The molecule has 2 fully saturated rings. The Bertz CT molecular complexity index is 461. The Morgan fingerprint density at radius 1 is 1.23 bits per heavy atom. The number of piperidine rings is 1. The van der Waals surface area contributed by atoms with E-state index in [2.05, 4.69) is 27.6 Å². The molecule has 2 aliphatic rings. The van der Waals surface area contributed by atoms with Crippen LogP contribution in [0.5, 0.6) is 0 Å². The number of amides is 2. The normalized spacial score (nSPS) is 27.5. The summed E-state index contributed by atoms with van der Waals surface area (Å²) in [6, 6.07) is 2.42. The minimum absolute atomic E-state index is 0.191. The van der Waals surface area contributed by atoms with Gasteiger partial charge in [0.25, 0.3) is 0 Å². The number of carbonyl (C=O) groups excluding carboxylic acids is 1. The largest absolute Gasteiger partial charge is 0.363 e. The van der Waals surface area contributed by atoms with Crippen LogP contribution in [0.4, 0.5) is 10.6 Å². The number of carbonyl (C=O) groups is 1. The number of anilines is 1. The van der Waals surface area contributed by atoms with Crippen LogP contribution in [-0.2, 0) is 0 Å². The van der Waals surface area contributed by atoms with Crippen LogP contribution >= 0.6 is 0 Å². The third-order valence-electron chi connectivity index (χ3n) is 5.05. The summed E-state index contributed by atoms with van der Waals surface area (Å²) in [5.74, 6) is 1.34. The summed E-state index contributed by atoms with van der Waals surface area (Å²) >= 11 is 0. The summed E-state index contributed by atoms with van der Waals surface area (Å²) in [7, 11) is 0. The number of rotatable bonds is 3. The SMILES string of the molecule is CC1CCN(C2CCC(NC(=O)Nc3ccon3)CC2)CC1. The molecule has 0 spiro atoms. The van der Waals surface area contributed by atoms with Gasteiger partial charge >= 0.3 is 6.03 Å². The molecule has 1 aliphatic carbocycles. The van der Waals surface area contributed by atoms with Gasteiger partial charge in [-0.3, -0.25) is 5.32 Å². The minimum Gasteiger partial charge on any atom is -0.363 e. The molecular formula is C16H26N4O2. The summed E-state index contributed by atoms with van der Waals surface area (Å²) in [5.41, 5.74) is 0. The van der Waals surface area contributed by atoms with E-state index in [0.717, 1.165) is 18.8 Å². The zero-order valence-electron chi connectivity index (χ0n) is 13.3. The lowest BCUT2D eigenvalue weighted by Crippen LogP contribution is -2.47. The van der Waals surface area contributed by atoms with Crippen molar-refractivity contribution in [3.63, 3.8) is 0 Å². The van der Waals surface area contributed by atoms with Gasteiger partial charge in [0.2, 0.25) is 0 Å². The number of likely N-dealkylation sites (tertiary alicyclic amines) is 1. The van der Waals surface area contributed by atoms with E-state index in [1.54, 1.807) is 6.07 Å². The second-order valence-corrected chi connectivity index (χ2v) is 6.71. The molecule has 6 nitrogen and oxygen atoms in total. The van der Waals surface area contributed by atoms with Crippen molar-refractivity contribution in [3.05, 3.63) is 12.3 Å². The zero-order chi connectivity index (χ0) is 15.4. The molecule has 1 aliphatic heterocycles. The van der Waals surface area contributed by atoms with E-state index in [4.69, 9.17) is 4.52 Å². The second-order valence-electron chi connectivity index (χ2n) is 6.71. The van der Waals surface area contributed by atoms with E-state index < -0.39 is 0 Å². The molecule has 0 aromatic carbocycles. The standard InChI is InChI=1S/C16H26N4O2/c1-12-6-9-20(10-7-12)14-4-2-13(3-5-14)17-16(21)18-15-8-11-22-19-15/h8,11-14H,2-7,9-10H2,1H3,(H2,17,18,19,21). The van der Waals surface area contributed by atoms with Crippen molar-refractivity contribution >= 4 is 11.8 Å². The number of urea groups is 1. The molecular weight excluding hydrogens is 280 g/mol. The van der Waals surface area contributed by atoms with Crippen LogP contribution in [0.2, 0.25) is 0 Å². The van der Waals surface area contributed by atoms with Crippen LogP contribution in [-0.4, -0.2) is 41.3 Å². The lowest BCUT2D eigenvalue weighted by molar-refractivity contribution is 0.104. The molecule has 1 aromatic heterocycles. The third kappa shape index (κ3) is 4.00. The van der Waals surface area contributed by atoms with Crippen molar-refractivity contribution in [1.82, 2.24) is 15.4 Å². The van der Waals surface area contributed by atoms with Gasteiger partial charge < -0.3 is 14.7 Å². The maximum Gasteiger partial charge on any atom is 0.320 e. The summed E-state index contributed by atoms with van der Waals surface area (Å²) < 4.78 is 4.70. The highest BCUT2D eigenvalue weighted by molar-refractivity contribution is 5.88. The summed E-state index contributed by atoms with van der Waals surface area (Å²) in [4.78, 5) is 14.5. The van der Waals surface area contributed by atoms with E-state index in [9.17, 15) is 4.79 Å². The van der Waals surface area contributed by atoms with Gasteiger partial charge in [0.15, 0.2) is 5.82 Å². The lowest BCUT2D eigenvalue weighted by Gasteiger charge is -2.40. The molecule has 22 heavy (non-hydrogen) atoms. The molecule has 1 saturated heterocycles. The average molecular weight is 306 g/mol. The fourth-order valence-corrected chi connectivity index (χ4v) is 3.59.